The van der Waals surface area contributed by atoms with Crippen molar-refractivity contribution in [1.29, 1.82) is 0 Å². The van der Waals surface area contributed by atoms with Gasteiger partial charge in [-0.15, -0.1) is 0 Å². The first-order chi connectivity index (χ1) is 8.64. The van der Waals surface area contributed by atoms with E-state index in [1.807, 2.05) is 20.8 Å². The predicted molar refractivity (Wildman–Crippen MR) is 85.9 cm³/mol. The lowest BCUT2D eigenvalue weighted by Crippen LogP contribution is -2.45. The first-order valence-electron chi connectivity index (χ1n) is 6.84. The van der Waals surface area contributed by atoms with E-state index in [1.54, 1.807) is 0 Å². The van der Waals surface area contributed by atoms with E-state index in [0.29, 0.717) is 25.1 Å². The third kappa shape index (κ3) is 8.07. The Bertz CT molecular complexity index is 179. The molecule has 0 rings (SSSR count). The molecule has 0 aromatic heterocycles. The van der Waals surface area contributed by atoms with Crippen LogP contribution in [0, 0.1) is 0 Å². The minimum atomic E-state index is -2.42. The molecular formula is C12H28O3S2Si. The molecule has 0 aliphatic rings. The molecular weight excluding hydrogens is 284 g/mol. The number of hydrogen-bond donors (Lipinski definition) is 2. The molecule has 0 N–H and O–H groups in total. The van der Waals surface area contributed by atoms with Crippen molar-refractivity contribution >= 4 is 34.1 Å². The van der Waals surface area contributed by atoms with Crippen LogP contribution in [0.3, 0.4) is 0 Å². The molecule has 0 heterocycles. The summed E-state index contributed by atoms with van der Waals surface area (Å²) in [5.41, 5.74) is 0. The molecule has 0 aromatic rings. The molecule has 18 heavy (non-hydrogen) atoms. The fraction of sp³-hybridized carbons (Fsp3) is 1.00. The molecule has 0 saturated carbocycles. The Balaban J connectivity index is 4.12. The Kier molecular flexibility index (Phi) is 12.1. The summed E-state index contributed by atoms with van der Waals surface area (Å²) in [5.74, 6) is 0.827. The van der Waals surface area contributed by atoms with Gasteiger partial charge < -0.3 is 13.3 Å². The van der Waals surface area contributed by atoms with Gasteiger partial charge in [0.15, 0.2) is 0 Å². The maximum Gasteiger partial charge on any atom is 0.500 e. The topological polar surface area (TPSA) is 27.7 Å². The molecule has 0 aliphatic heterocycles. The van der Waals surface area contributed by atoms with Crippen molar-refractivity contribution in [2.75, 3.05) is 25.6 Å². The number of hydrogen-bond acceptors (Lipinski definition) is 5. The van der Waals surface area contributed by atoms with Crippen LogP contribution in [-0.2, 0) is 13.3 Å². The zero-order chi connectivity index (χ0) is 13.9. The van der Waals surface area contributed by atoms with Gasteiger partial charge in [-0.1, -0.05) is 6.42 Å². The summed E-state index contributed by atoms with van der Waals surface area (Å²) in [7, 11) is -2.42. The Morgan fingerprint density at radius 3 is 1.83 bits per heavy atom. The molecule has 0 aromatic carbocycles. The molecule has 1 atom stereocenters. The SMILES string of the molecule is CCO[Si](CCCCC(S)CS)(OCC)OCC. The highest BCUT2D eigenvalue weighted by molar-refractivity contribution is 7.84. The van der Waals surface area contributed by atoms with Gasteiger partial charge in [0.05, 0.1) is 0 Å². The van der Waals surface area contributed by atoms with Gasteiger partial charge in [0, 0.05) is 36.9 Å². The molecule has 0 aliphatic carbocycles. The summed E-state index contributed by atoms with van der Waals surface area (Å²) >= 11 is 8.67. The lowest BCUT2D eigenvalue weighted by atomic mass is 10.2. The highest BCUT2D eigenvalue weighted by Crippen LogP contribution is 2.21. The van der Waals surface area contributed by atoms with Crippen molar-refractivity contribution in [2.24, 2.45) is 0 Å². The third-order valence-electron chi connectivity index (χ3n) is 2.57. The van der Waals surface area contributed by atoms with Crippen LogP contribution < -0.4 is 0 Å². The van der Waals surface area contributed by atoms with Gasteiger partial charge in [-0.3, -0.25) is 0 Å². The van der Waals surface area contributed by atoms with E-state index in [2.05, 4.69) is 25.3 Å². The van der Waals surface area contributed by atoms with E-state index in [9.17, 15) is 0 Å². The lowest BCUT2D eigenvalue weighted by Gasteiger charge is -2.28. The van der Waals surface area contributed by atoms with Crippen LogP contribution in [0.15, 0.2) is 0 Å². The van der Waals surface area contributed by atoms with Crippen LogP contribution in [-0.4, -0.2) is 39.6 Å². The lowest BCUT2D eigenvalue weighted by molar-refractivity contribution is 0.0706. The summed E-state index contributed by atoms with van der Waals surface area (Å²) in [6.45, 7) is 7.92. The van der Waals surface area contributed by atoms with Crippen molar-refractivity contribution < 1.29 is 13.3 Å². The third-order valence-corrected chi connectivity index (χ3v) is 6.89. The molecule has 6 heteroatoms. The Morgan fingerprint density at radius 2 is 1.44 bits per heavy atom. The van der Waals surface area contributed by atoms with Crippen LogP contribution in [0.2, 0.25) is 6.04 Å². The summed E-state index contributed by atoms with van der Waals surface area (Å²) in [6.07, 6.45) is 3.27. The van der Waals surface area contributed by atoms with Crippen LogP contribution in [0.4, 0.5) is 0 Å². The van der Waals surface area contributed by atoms with E-state index in [1.165, 1.54) is 0 Å². The standard InChI is InChI=1S/C12H28O3S2Si/c1-4-13-18(14-5-2,15-6-3)10-8-7-9-12(17)11-16/h12,16-17H,4-11H2,1-3H3. The second-order valence-electron chi connectivity index (χ2n) is 4.06. The summed E-state index contributed by atoms with van der Waals surface area (Å²) in [5, 5.41) is 0.385. The number of rotatable bonds is 12. The van der Waals surface area contributed by atoms with E-state index in [-0.39, 0.29) is 0 Å². The van der Waals surface area contributed by atoms with Gasteiger partial charge in [-0.25, -0.2) is 0 Å². The fourth-order valence-electron chi connectivity index (χ4n) is 1.81. The van der Waals surface area contributed by atoms with E-state index >= 15 is 0 Å². The predicted octanol–water partition coefficient (Wildman–Crippen LogP) is 3.43. The van der Waals surface area contributed by atoms with Crippen molar-refractivity contribution in [3.8, 4) is 0 Å². The normalized spacial score (nSPS) is 13.8. The van der Waals surface area contributed by atoms with Crippen LogP contribution in [0.1, 0.15) is 40.0 Å². The molecule has 0 bridgehead atoms. The Labute approximate surface area is 124 Å². The monoisotopic (exact) mass is 312 g/mol. The largest absolute Gasteiger partial charge is 0.500 e. The number of unbranched alkanes of at least 4 members (excludes halogenated alkanes) is 1. The zero-order valence-corrected chi connectivity index (χ0v) is 14.6. The van der Waals surface area contributed by atoms with E-state index in [0.717, 1.165) is 31.1 Å². The molecule has 0 radical (unpaired) electrons. The zero-order valence-electron chi connectivity index (χ0n) is 11.9. The van der Waals surface area contributed by atoms with Crippen molar-refractivity contribution in [3.05, 3.63) is 0 Å². The van der Waals surface area contributed by atoms with Gasteiger partial charge in [0.25, 0.3) is 0 Å². The second kappa shape index (κ2) is 11.6. The smallest absolute Gasteiger partial charge is 0.374 e. The molecule has 0 fully saturated rings. The molecule has 3 nitrogen and oxygen atoms in total. The minimum Gasteiger partial charge on any atom is -0.374 e. The first-order valence-corrected chi connectivity index (χ1v) is 9.92. The van der Waals surface area contributed by atoms with Gasteiger partial charge in [0.2, 0.25) is 0 Å². The average molecular weight is 313 g/mol. The molecule has 0 amide bonds. The van der Waals surface area contributed by atoms with Crippen LogP contribution in [0.25, 0.3) is 0 Å². The summed E-state index contributed by atoms with van der Waals surface area (Å²) in [6, 6.07) is 0.898. The maximum absolute atomic E-state index is 5.80. The van der Waals surface area contributed by atoms with Gasteiger partial charge in [-0.05, 0) is 33.6 Å². The molecule has 110 valence electrons. The van der Waals surface area contributed by atoms with Gasteiger partial charge in [-0.2, -0.15) is 25.3 Å². The maximum atomic E-state index is 5.80. The fourth-order valence-corrected chi connectivity index (χ4v) is 4.86. The molecule has 0 spiro atoms. The van der Waals surface area contributed by atoms with Crippen molar-refractivity contribution in [2.45, 2.75) is 51.3 Å². The Hall–Kier alpha value is 0.797. The molecule has 1 unspecified atom stereocenters. The number of thiol groups is 2. The highest BCUT2D eigenvalue weighted by atomic mass is 32.1. The second-order valence-corrected chi connectivity index (χ2v) is 7.89. The van der Waals surface area contributed by atoms with E-state index in [4.69, 9.17) is 13.3 Å². The van der Waals surface area contributed by atoms with Crippen molar-refractivity contribution in [1.82, 2.24) is 0 Å². The minimum absolute atomic E-state index is 0.385. The quantitative estimate of drug-likeness (QED) is 0.328. The van der Waals surface area contributed by atoms with Crippen LogP contribution >= 0.6 is 25.3 Å². The van der Waals surface area contributed by atoms with Gasteiger partial charge in [0.1, 0.15) is 0 Å². The highest BCUT2D eigenvalue weighted by Gasteiger charge is 2.39. The summed E-state index contributed by atoms with van der Waals surface area (Å²) in [4.78, 5) is 0. The van der Waals surface area contributed by atoms with Gasteiger partial charge >= 0.3 is 8.80 Å². The molecule has 0 saturated heterocycles. The van der Waals surface area contributed by atoms with Crippen molar-refractivity contribution in [3.63, 3.8) is 0 Å². The summed E-state index contributed by atoms with van der Waals surface area (Å²) < 4.78 is 17.4. The first kappa shape index (κ1) is 18.8. The van der Waals surface area contributed by atoms with E-state index < -0.39 is 8.80 Å². The Morgan fingerprint density at radius 1 is 0.944 bits per heavy atom. The van der Waals surface area contributed by atoms with Crippen LogP contribution in [0.5, 0.6) is 0 Å². The average Bonchev–Trinajstić information content (AvgIpc) is 2.35.